The highest BCUT2D eigenvalue weighted by atomic mass is 16.1. The van der Waals surface area contributed by atoms with E-state index in [1.807, 2.05) is 13.8 Å². The summed E-state index contributed by atoms with van der Waals surface area (Å²) in [6.45, 7) is 5.69. The molecule has 0 amide bonds. The lowest BCUT2D eigenvalue weighted by atomic mass is 10.0. The van der Waals surface area contributed by atoms with E-state index in [-0.39, 0.29) is 23.8 Å². The molecule has 4 heteroatoms. The Morgan fingerprint density at radius 2 is 2.20 bits per heavy atom. The van der Waals surface area contributed by atoms with Gasteiger partial charge in [0, 0.05) is 12.0 Å². The lowest BCUT2D eigenvalue weighted by Gasteiger charge is -2.08. The van der Waals surface area contributed by atoms with Crippen LogP contribution in [0.3, 0.4) is 0 Å². The zero-order valence-corrected chi connectivity index (χ0v) is 9.36. The normalized spacial score (nSPS) is 12.5. The molecule has 0 aliphatic heterocycles. The summed E-state index contributed by atoms with van der Waals surface area (Å²) in [5.41, 5.74) is 0.517. The summed E-state index contributed by atoms with van der Waals surface area (Å²) in [4.78, 5) is 23.0. The Morgan fingerprint density at radius 3 is 2.80 bits per heavy atom. The van der Waals surface area contributed by atoms with Crippen molar-refractivity contribution in [3.8, 4) is 0 Å². The predicted octanol–water partition coefficient (Wildman–Crippen LogP) is 1.17. The molecule has 0 radical (unpaired) electrons. The van der Waals surface area contributed by atoms with Crippen LogP contribution in [0, 0.1) is 12.8 Å². The second-order valence-corrected chi connectivity index (χ2v) is 3.75. The molecule has 1 heterocycles. The predicted molar refractivity (Wildman–Crippen MR) is 57.7 cm³/mol. The van der Waals surface area contributed by atoms with Crippen molar-refractivity contribution in [2.75, 3.05) is 0 Å². The van der Waals surface area contributed by atoms with Gasteiger partial charge in [-0.3, -0.25) is 9.59 Å². The first-order valence-corrected chi connectivity index (χ1v) is 5.12. The Balaban J connectivity index is 2.85. The van der Waals surface area contributed by atoms with Crippen LogP contribution in [-0.2, 0) is 11.3 Å². The number of carbonyl (C=O) groups excluding carboxylic acids is 1. The van der Waals surface area contributed by atoms with E-state index in [9.17, 15) is 9.59 Å². The van der Waals surface area contributed by atoms with Crippen molar-refractivity contribution in [3.05, 3.63) is 28.2 Å². The van der Waals surface area contributed by atoms with Crippen LogP contribution >= 0.6 is 0 Å². The third-order valence-electron chi connectivity index (χ3n) is 2.47. The number of aryl methyl sites for hydroxylation is 1. The van der Waals surface area contributed by atoms with Gasteiger partial charge in [-0.2, -0.15) is 5.10 Å². The summed E-state index contributed by atoms with van der Waals surface area (Å²) in [7, 11) is 0. The van der Waals surface area contributed by atoms with Gasteiger partial charge in [0.2, 0.25) is 0 Å². The zero-order valence-electron chi connectivity index (χ0n) is 9.36. The number of hydrogen-bond donors (Lipinski definition) is 0. The van der Waals surface area contributed by atoms with E-state index in [4.69, 9.17) is 0 Å². The van der Waals surface area contributed by atoms with Gasteiger partial charge in [-0.1, -0.05) is 13.8 Å². The second-order valence-electron chi connectivity index (χ2n) is 3.75. The number of hydrogen-bond acceptors (Lipinski definition) is 3. The van der Waals surface area contributed by atoms with Gasteiger partial charge in [-0.25, -0.2) is 4.68 Å². The van der Waals surface area contributed by atoms with Gasteiger partial charge in [-0.15, -0.1) is 0 Å². The van der Waals surface area contributed by atoms with Gasteiger partial charge in [0.25, 0.3) is 5.56 Å². The van der Waals surface area contributed by atoms with E-state index in [0.717, 1.165) is 12.1 Å². The molecular weight excluding hydrogens is 192 g/mol. The van der Waals surface area contributed by atoms with Crippen LogP contribution in [0.2, 0.25) is 0 Å². The van der Waals surface area contributed by atoms with Crippen molar-refractivity contribution in [2.24, 2.45) is 5.92 Å². The van der Waals surface area contributed by atoms with Gasteiger partial charge in [0.1, 0.15) is 6.54 Å². The van der Waals surface area contributed by atoms with E-state index < -0.39 is 0 Å². The summed E-state index contributed by atoms with van der Waals surface area (Å²) in [6.07, 6.45) is 0.791. The Bertz CT molecular complexity index is 409. The highest BCUT2D eigenvalue weighted by Gasteiger charge is 2.12. The lowest BCUT2D eigenvalue weighted by Crippen LogP contribution is -2.28. The number of nitrogens with zero attached hydrogens (tertiary/aromatic N) is 2. The smallest absolute Gasteiger partial charge is 0.267 e. The van der Waals surface area contributed by atoms with Crippen LogP contribution in [0.15, 0.2) is 16.9 Å². The van der Waals surface area contributed by atoms with Crippen LogP contribution in [-0.4, -0.2) is 15.6 Å². The van der Waals surface area contributed by atoms with Crippen LogP contribution in [0.5, 0.6) is 0 Å². The summed E-state index contributed by atoms with van der Waals surface area (Å²) in [5.74, 6) is 0.0388. The Labute approximate surface area is 88.9 Å². The SMILES string of the molecule is CCC(C)C(=O)Cn1nc(C)ccc1=O. The van der Waals surface area contributed by atoms with Crippen molar-refractivity contribution < 1.29 is 4.79 Å². The maximum atomic E-state index is 11.6. The minimum atomic E-state index is -0.225. The van der Waals surface area contributed by atoms with Crippen molar-refractivity contribution in [1.82, 2.24) is 9.78 Å². The topological polar surface area (TPSA) is 52.0 Å². The van der Waals surface area contributed by atoms with Crippen LogP contribution < -0.4 is 5.56 Å². The van der Waals surface area contributed by atoms with E-state index in [0.29, 0.717) is 0 Å². The first kappa shape index (κ1) is 11.6. The number of carbonyl (C=O) groups is 1. The van der Waals surface area contributed by atoms with Gasteiger partial charge < -0.3 is 0 Å². The number of ketones is 1. The van der Waals surface area contributed by atoms with Crippen LogP contribution in [0.1, 0.15) is 26.0 Å². The molecule has 1 aromatic heterocycles. The fraction of sp³-hybridized carbons (Fsp3) is 0.545. The summed E-state index contributed by atoms with van der Waals surface area (Å²) in [6, 6.07) is 3.08. The van der Waals surface area contributed by atoms with Crippen molar-refractivity contribution in [1.29, 1.82) is 0 Å². The fourth-order valence-corrected chi connectivity index (χ4v) is 1.20. The molecule has 1 aromatic rings. The third kappa shape index (κ3) is 3.01. The number of aromatic nitrogens is 2. The average Bonchev–Trinajstić information content (AvgIpc) is 2.22. The van der Waals surface area contributed by atoms with E-state index >= 15 is 0 Å². The van der Waals surface area contributed by atoms with Gasteiger partial charge in [0.15, 0.2) is 5.78 Å². The molecule has 82 valence electrons. The molecule has 0 N–H and O–H groups in total. The molecule has 15 heavy (non-hydrogen) atoms. The second kappa shape index (κ2) is 4.87. The first-order chi connectivity index (χ1) is 7.04. The van der Waals surface area contributed by atoms with Gasteiger partial charge in [-0.05, 0) is 19.4 Å². The highest BCUT2D eigenvalue weighted by Crippen LogP contribution is 2.02. The van der Waals surface area contributed by atoms with Crippen LogP contribution in [0.25, 0.3) is 0 Å². The van der Waals surface area contributed by atoms with Crippen molar-refractivity contribution >= 4 is 5.78 Å². The first-order valence-electron chi connectivity index (χ1n) is 5.12. The third-order valence-corrected chi connectivity index (χ3v) is 2.47. The van der Waals surface area contributed by atoms with Gasteiger partial charge in [0.05, 0.1) is 5.69 Å². The average molecular weight is 208 g/mol. The molecule has 0 saturated carbocycles. The molecule has 4 nitrogen and oxygen atoms in total. The monoisotopic (exact) mass is 208 g/mol. The molecule has 1 unspecified atom stereocenters. The molecule has 1 atom stereocenters. The van der Waals surface area contributed by atoms with Crippen molar-refractivity contribution in [2.45, 2.75) is 33.7 Å². The maximum Gasteiger partial charge on any atom is 0.267 e. The fourth-order valence-electron chi connectivity index (χ4n) is 1.20. The largest absolute Gasteiger partial charge is 0.297 e. The molecule has 1 rings (SSSR count). The lowest BCUT2D eigenvalue weighted by molar-refractivity contribution is -0.123. The zero-order chi connectivity index (χ0) is 11.4. The highest BCUT2D eigenvalue weighted by molar-refractivity contribution is 5.80. The Kier molecular flexibility index (Phi) is 3.77. The van der Waals surface area contributed by atoms with E-state index in [1.54, 1.807) is 13.0 Å². The molecule has 0 bridgehead atoms. The Morgan fingerprint density at radius 1 is 1.53 bits per heavy atom. The Hall–Kier alpha value is -1.45. The van der Waals surface area contributed by atoms with Gasteiger partial charge >= 0.3 is 0 Å². The van der Waals surface area contributed by atoms with E-state index in [2.05, 4.69) is 5.10 Å². The maximum absolute atomic E-state index is 11.6. The molecule has 0 aliphatic rings. The van der Waals surface area contributed by atoms with Crippen LogP contribution in [0.4, 0.5) is 0 Å². The summed E-state index contributed by atoms with van der Waals surface area (Å²) < 4.78 is 1.23. The summed E-state index contributed by atoms with van der Waals surface area (Å²) >= 11 is 0. The molecular formula is C11H16N2O2. The molecule has 0 saturated heterocycles. The molecule has 0 spiro atoms. The molecule has 0 fully saturated rings. The molecule has 0 aliphatic carbocycles. The molecule has 0 aromatic carbocycles. The van der Waals surface area contributed by atoms with E-state index in [1.165, 1.54) is 10.7 Å². The number of rotatable bonds is 4. The quantitative estimate of drug-likeness (QED) is 0.746. The minimum Gasteiger partial charge on any atom is -0.297 e. The van der Waals surface area contributed by atoms with Crippen molar-refractivity contribution in [3.63, 3.8) is 0 Å². The number of Topliss-reactive ketones (excluding diaryl/α,β-unsaturated/α-hetero) is 1. The summed E-state index contributed by atoms with van der Waals surface area (Å²) in [5, 5.41) is 4.01. The minimum absolute atomic E-state index is 0.0146. The standard InChI is InChI=1S/C11H16N2O2/c1-4-8(2)10(14)7-13-11(15)6-5-9(3)12-13/h5-6,8H,4,7H2,1-3H3.